The van der Waals surface area contributed by atoms with Gasteiger partial charge in [0, 0.05) is 4.83 Å². The molecule has 2 nitrogen and oxygen atoms in total. The van der Waals surface area contributed by atoms with Crippen LogP contribution in [0, 0.1) is 12.3 Å². The van der Waals surface area contributed by atoms with E-state index in [1.54, 1.807) is 18.2 Å². The zero-order chi connectivity index (χ0) is 14.7. The molecule has 1 atom stereocenters. The topological polar surface area (TPSA) is 34.1 Å². The molecule has 0 saturated heterocycles. The van der Waals surface area contributed by atoms with Crippen molar-refractivity contribution in [2.45, 2.75) is 37.4 Å². The number of rotatable bonds is 4. The van der Waals surface area contributed by atoms with Gasteiger partial charge in [-0.05, 0) is 24.5 Å². The van der Waals surface area contributed by atoms with E-state index in [1.807, 2.05) is 25.1 Å². The minimum Gasteiger partial charge on any atom is -0.223 e. The first kappa shape index (κ1) is 16.4. The van der Waals surface area contributed by atoms with Crippen molar-refractivity contribution >= 4 is 25.8 Å². The van der Waals surface area contributed by atoms with E-state index in [2.05, 4.69) is 36.7 Å². The molecule has 1 aromatic rings. The lowest BCUT2D eigenvalue weighted by Crippen LogP contribution is -2.18. The van der Waals surface area contributed by atoms with E-state index in [0.29, 0.717) is 4.90 Å². The molecule has 106 valence electrons. The first-order chi connectivity index (χ1) is 8.63. The number of aryl methyl sites for hydroxylation is 1. The molecule has 0 N–H and O–H groups in total. The van der Waals surface area contributed by atoms with Gasteiger partial charge < -0.3 is 0 Å². The molecule has 0 spiro atoms. The van der Waals surface area contributed by atoms with Crippen molar-refractivity contribution in [3.05, 3.63) is 42.0 Å². The van der Waals surface area contributed by atoms with Gasteiger partial charge in [0.05, 0.1) is 10.6 Å². The summed E-state index contributed by atoms with van der Waals surface area (Å²) in [6.45, 7) is 8.25. The SMILES string of the molecule is Cc1ccc(S(=O)(=O)C/C=C/C(Br)C(C)(C)C)cc1. The number of benzene rings is 1. The summed E-state index contributed by atoms with van der Waals surface area (Å²) in [7, 11) is -3.23. The van der Waals surface area contributed by atoms with E-state index in [4.69, 9.17) is 0 Å². The van der Waals surface area contributed by atoms with Crippen LogP contribution >= 0.6 is 15.9 Å². The molecule has 0 radical (unpaired) electrons. The molecule has 1 rings (SSSR count). The molecular formula is C15H21BrO2S. The standard InChI is InChI=1S/C15H21BrO2S/c1-12-7-9-13(10-8-12)19(17,18)11-5-6-14(16)15(2,3)4/h5-10,14H,11H2,1-4H3/b6-5+. The van der Waals surface area contributed by atoms with Crippen LogP contribution in [0.5, 0.6) is 0 Å². The molecule has 0 aliphatic carbocycles. The summed E-state index contributed by atoms with van der Waals surface area (Å²) in [5, 5.41) is 0. The lowest BCUT2D eigenvalue weighted by molar-refractivity contribution is 0.437. The van der Waals surface area contributed by atoms with Gasteiger partial charge in [-0.25, -0.2) is 8.42 Å². The monoisotopic (exact) mass is 344 g/mol. The van der Waals surface area contributed by atoms with Gasteiger partial charge in [0.1, 0.15) is 0 Å². The van der Waals surface area contributed by atoms with E-state index in [-0.39, 0.29) is 16.0 Å². The highest BCUT2D eigenvalue weighted by atomic mass is 79.9. The van der Waals surface area contributed by atoms with Crippen molar-refractivity contribution in [1.82, 2.24) is 0 Å². The Balaban J connectivity index is 2.77. The van der Waals surface area contributed by atoms with E-state index in [1.165, 1.54) is 0 Å². The van der Waals surface area contributed by atoms with Gasteiger partial charge in [0.25, 0.3) is 0 Å². The molecule has 0 aliphatic rings. The third-order valence-corrected chi connectivity index (χ3v) is 6.13. The van der Waals surface area contributed by atoms with Crippen LogP contribution in [0.4, 0.5) is 0 Å². The van der Waals surface area contributed by atoms with Gasteiger partial charge in [-0.1, -0.05) is 66.5 Å². The second-order valence-corrected chi connectivity index (χ2v) is 8.81. The van der Waals surface area contributed by atoms with Crippen LogP contribution in [0.1, 0.15) is 26.3 Å². The Labute approximate surface area is 125 Å². The molecule has 0 aromatic heterocycles. The number of alkyl halides is 1. The predicted molar refractivity (Wildman–Crippen MR) is 84.5 cm³/mol. The summed E-state index contributed by atoms with van der Waals surface area (Å²) < 4.78 is 24.2. The number of hydrogen-bond donors (Lipinski definition) is 0. The number of allylic oxidation sites excluding steroid dienone is 1. The zero-order valence-electron chi connectivity index (χ0n) is 11.9. The highest BCUT2D eigenvalue weighted by Crippen LogP contribution is 2.27. The molecule has 0 amide bonds. The summed E-state index contributed by atoms with van der Waals surface area (Å²) in [6.07, 6.45) is 3.63. The van der Waals surface area contributed by atoms with Gasteiger partial charge in [0.15, 0.2) is 9.84 Å². The lowest BCUT2D eigenvalue weighted by atomic mass is 9.92. The molecule has 0 heterocycles. The molecular weight excluding hydrogens is 324 g/mol. The second kappa shape index (κ2) is 6.23. The Hall–Kier alpha value is -0.610. The molecule has 4 heteroatoms. The average molecular weight is 345 g/mol. The molecule has 0 aliphatic heterocycles. The van der Waals surface area contributed by atoms with Crippen LogP contribution in [0.2, 0.25) is 0 Å². The number of sulfone groups is 1. The first-order valence-electron chi connectivity index (χ1n) is 6.23. The minimum absolute atomic E-state index is 0.0360. The van der Waals surface area contributed by atoms with Crippen LogP contribution in [0.25, 0.3) is 0 Å². The summed E-state index contributed by atoms with van der Waals surface area (Å²) in [4.78, 5) is 0.540. The van der Waals surface area contributed by atoms with Crippen LogP contribution < -0.4 is 0 Å². The van der Waals surface area contributed by atoms with E-state index < -0.39 is 9.84 Å². The molecule has 19 heavy (non-hydrogen) atoms. The largest absolute Gasteiger partial charge is 0.223 e. The fourth-order valence-corrected chi connectivity index (χ4v) is 2.76. The van der Waals surface area contributed by atoms with Gasteiger partial charge >= 0.3 is 0 Å². The maximum absolute atomic E-state index is 12.1. The number of hydrogen-bond acceptors (Lipinski definition) is 2. The summed E-state index contributed by atoms with van der Waals surface area (Å²) in [5.41, 5.74) is 1.13. The van der Waals surface area contributed by atoms with Crippen molar-refractivity contribution in [3.63, 3.8) is 0 Å². The van der Waals surface area contributed by atoms with Crippen molar-refractivity contribution in [2.75, 3.05) is 5.75 Å². The predicted octanol–water partition coefficient (Wildman–Crippen LogP) is 4.13. The van der Waals surface area contributed by atoms with Crippen LogP contribution in [-0.4, -0.2) is 19.0 Å². The van der Waals surface area contributed by atoms with Crippen molar-refractivity contribution in [1.29, 1.82) is 0 Å². The molecule has 0 bridgehead atoms. The average Bonchev–Trinajstić information content (AvgIpc) is 2.28. The molecule has 1 unspecified atom stereocenters. The molecule has 1 aromatic carbocycles. The van der Waals surface area contributed by atoms with Crippen LogP contribution in [-0.2, 0) is 9.84 Å². The van der Waals surface area contributed by atoms with E-state index >= 15 is 0 Å². The first-order valence-corrected chi connectivity index (χ1v) is 8.80. The Kier molecular flexibility index (Phi) is 5.39. The second-order valence-electron chi connectivity index (χ2n) is 5.79. The highest BCUT2D eigenvalue weighted by Gasteiger charge is 2.19. The Morgan fingerprint density at radius 3 is 2.21 bits per heavy atom. The van der Waals surface area contributed by atoms with Crippen molar-refractivity contribution in [2.24, 2.45) is 5.41 Å². The maximum Gasteiger partial charge on any atom is 0.181 e. The van der Waals surface area contributed by atoms with Gasteiger partial charge in [0.2, 0.25) is 0 Å². The molecule has 0 fully saturated rings. The van der Waals surface area contributed by atoms with Crippen LogP contribution in [0.3, 0.4) is 0 Å². The summed E-state index contributed by atoms with van der Waals surface area (Å²) in [5.74, 6) is 0.0360. The van der Waals surface area contributed by atoms with E-state index in [9.17, 15) is 8.42 Å². The Morgan fingerprint density at radius 1 is 1.21 bits per heavy atom. The van der Waals surface area contributed by atoms with Crippen molar-refractivity contribution < 1.29 is 8.42 Å². The quantitative estimate of drug-likeness (QED) is 0.607. The fourth-order valence-electron chi connectivity index (χ4n) is 1.43. The van der Waals surface area contributed by atoms with Crippen LogP contribution in [0.15, 0.2) is 41.3 Å². The Morgan fingerprint density at radius 2 is 1.74 bits per heavy atom. The van der Waals surface area contributed by atoms with E-state index in [0.717, 1.165) is 5.56 Å². The highest BCUT2D eigenvalue weighted by molar-refractivity contribution is 9.09. The third-order valence-electron chi connectivity index (χ3n) is 2.83. The minimum atomic E-state index is -3.23. The summed E-state index contributed by atoms with van der Waals surface area (Å²) >= 11 is 3.55. The normalized spacial score (nSPS) is 14.8. The van der Waals surface area contributed by atoms with Gasteiger partial charge in [-0.3, -0.25) is 0 Å². The number of halogens is 1. The smallest absolute Gasteiger partial charge is 0.181 e. The van der Waals surface area contributed by atoms with Gasteiger partial charge in [-0.2, -0.15) is 0 Å². The van der Waals surface area contributed by atoms with Crippen molar-refractivity contribution in [3.8, 4) is 0 Å². The summed E-state index contributed by atoms with van der Waals surface area (Å²) in [6, 6.07) is 6.96. The third kappa shape index (κ3) is 5.11. The Bertz CT molecular complexity index is 537. The lowest BCUT2D eigenvalue weighted by Gasteiger charge is -2.22. The maximum atomic E-state index is 12.1. The fraction of sp³-hybridized carbons (Fsp3) is 0.467. The zero-order valence-corrected chi connectivity index (χ0v) is 14.3. The van der Waals surface area contributed by atoms with Gasteiger partial charge in [-0.15, -0.1) is 0 Å². The molecule has 0 saturated carbocycles.